The summed E-state index contributed by atoms with van der Waals surface area (Å²) in [5, 5.41) is 7.41. The summed E-state index contributed by atoms with van der Waals surface area (Å²) in [5.74, 6) is 1.80. The summed E-state index contributed by atoms with van der Waals surface area (Å²) in [6.45, 7) is 2.90. The molecule has 114 valence electrons. The molecule has 0 bridgehead atoms. The minimum atomic E-state index is 0. The zero-order valence-corrected chi connectivity index (χ0v) is 13.2. The molecule has 2 aromatic rings. The van der Waals surface area contributed by atoms with Crippen LogP contribution in [0.5, 0.6) is 0 Å². The Morgan fingerprint density at radius 1 is 1.29 bits per heavy atom. The van der Waals surface area contributed by atoms with E-state index in [4.69, 9.17) is 4.52 Å². The quantitative estimate of drug-likeness (QED) is 0.939. The zero-order chi connectivity index (χ0) is 13.9. The average Bonchev–Trinajstić information content (AvgIpc) is 3.10. The SMILES string of the molecule is CN(C)Cc1ccc(-c2noc([C@H]3CCNC3)n2)cc1.Cl. The van der Waals surface area contributed by atoms with Crippen LogP contribution >= 0.6 is 12.4 Å². The third-order valence-electron chi connectivity index (χ3n) is 3.56. The lowest BCUT2D eigenvalue weighted by atomic mass is 10.1. The van der Waals surface area contributed by atoms with Gasteiger partial charge in [-0.05, 0) is 32.6 Å². The minimum Gasteiger partial charge on any atom is -0.339 e. The number of aromatic nitrogens is 2. The fourth-order valence-electron chi connectivity index (χ4n) is 2.51. The number of hydrogen-bond donors (Lipinski definition) is 1. The van der Waals surface area contributed by atoms with E-state index in [9.17, 15) is 0 Å². The standard InChI is InChI=1S/C15H20N4O.ClH/c1-19(2)10-11-3-5-12(6-4-11)14-17-15(20-18-14)13-7-8-16-9-13;/h3-6,13,16H,7-10H2,1-2H3;1H/t13-;/m0./s1. The predicted molar refractivity (Wildman–Crippen MR) is 84.6 cm³/mol. The van der Waals surface area contributed by atoms with Crippen LogP contribution in [0.3, 0.4) is 0 Å². The summed E-state index contributed by atoms with van der Waals surface area (Å²) in [6, 6.07) is 8.34. The first-order chi connectivity index (χ1) is 9.72. The molecule has 0 unspecified atom stereocenters. The van der Waals surface area contributed by atoms with Crippen LogP contribution in [-0.2, 0) is 6.54 Å². The molecule has 1 N–H and O–H groups in total. The van der Waals surface area contributed by atoms with Crippen molar-refractivity contribution in [3.05, 3.63) is 35.7 Å². The Bertz CT molecular complexity index is 561. The van der Waals surface area contributed by atoms with Crippen molar-refractivity contribution in [3.8, 4) is 11.4 Å². The van der Waals surface area contributed by atoms with Crippen LogP contribution in [0.1, 0.15) is 23.8 Å². The van der Waals surface area contributed by atoms with Crippen LogP contribution in [0.4, 0.5) is 0 Å². The maximum atomic E-state index is 5.39. The Kier molecular flexibility index (Phi) is 5.33. The second kappa shape index (κ2) is 7.02. The van der Waals surface area contributed by atoms with E-state index in [1.54, 1.807) is 0 Å². The Morgan fingerprint density at radius 3 is 2.67 bits per heavy atom. The molecule has 0 aliphatic carbocycles. The van der Waals surface area contributed by atoms with E-state index < -0.39 is 0 Å². The van der Waals surface area contributed by atoms with Gasteiger partial charge in [-0.2, -0.15) is 4.98 Å². The van der Waals surface area contributed by atoms with Crippen LogP contribution in [-0.4, -0.2) is 42.2 Å². The normalized spacial score (nSPS) is 18.0. The van der Waals surface area contributed by atoms with E-state index in [1.807, 2.05) is 0 Å². The Morgan fingerprint density at radius 2 is 2.05 bits per heavy atom. The van der Waals surface area contributed by atoms with Crippen molar-refractivity contribution >= 4 is 12.4 Å². The van der Waals surface area contributed by atoms with Crippen molar-refractivity contribution < 1.29 is 4.52 Å². The van der Waals surface area contributed by atoms with E-state index in [1.165, 1.54) is 5.56 Å². The maximum Gasteiger partial charge on any atom is 0.231 e. The van der Waals surface area contributed by atoms with Gasteiger partial charge in [0.05, 0.1) is 5.92 Å². The fourth-order valence-corrected chi connectivity index (χ4v) is 2.51. The lowest BCUT2D eigenvalue weighted by molar-refractivity contribution is 0.359. The Hall–Kier alpha value is -1.43. The molecule has 1 aliphatic heterocycles. The van der Waals surface area contributed by atoms with Crippen molar-refractivity contribution in [1.82, 2.24) is 20.4 Å². The van der Waals surface area contributed by atoms with E-state index >= 15 is 0 Å². The minimum absolute atomic E-state index is 0. The molecule has 0 radical (unpaired) electrons. The number of nitrogens with one attached hydrogen (secondary N) is 1. The Labute approximate surface area is 131 Å². The van der Waals surface area contributed by atoms with Gasteiger partial charge in [-0.3, -0.25) is 0 Å². The third-order valence-corrected chi connectivity index (χ3v) is 3.56. The summed E-state index contributed by atoms with van der Waals surface area (Å²) in [6.07, 6.45) is 1.07. The summed E-state index contributed by atoms with van der Waals surface area (Å²) >= 11 is 0. The second-order valence-corrected chi connectivity index (χ2v) is 5.58. The van der Waals surface area contributed by atoms with Crippen molar-refractivity contribution in [2.45, 2.75) is 18.9 Å². The Balaban J connectivity index is 0.00000161. The molecule has 1 aromatic carbocycles. The van der Waals surface area contributed by atoms with Crippen molar-refractivity contribution in [3.63, 3.8) is 0 Å². The number of benzene rings is 1. The lowest BCUT2D eigenvalue weighted by Crippen LogP contribution is -2.10. The van der Waals surface area contributed by atoms with Gasteiger partial charge in [-0.1, -0.05) is 29.4 Å². The molecule has 6 heteroatoms. The number of nitrogens with zero attached hydrogens (tertiary/aromatic N) is 3. The molecule has 2 heterocycles. The van der Waals surface area contributed by atoms with Crippen LogP contribution in [0.15, 0.2) is 28.8 Å². The smallest absolute Gasteiger partial charge is 0.231 e. The highest BCUT2D eigenvalue weighted by atomic mass is 35.5. The van der Waals surface area contributed by atoms with Crippen molar-refractivity contribution in [1.29, 1.82) is 0 Å². The first-order valence-corrected chi connectivity index (χ1v) is 7.01. The van der Waals surface area contributed by atoms with E-state index in [2.05, 4.69) is 58.7 Å². The highest BCUT2D eigenvalue weighted by Gasteiger charge is 2.22. The van der Waals surface area contributed by atoms with Gasteiger partial charge in [0.2, 0.25) is 11.7 Å². The summed E-state index contributed by atoms with van der Waals surface area (Å²) in [7, 11) is 4.13. The molecular formula is C15H21ClN4O. The molecule has 1 aromatic heterocycles. The van der Waals surface area contributed by atoms with Gasteiger partial charge in [0, 0.05) is 18.7 Å². The highest BCUT2D eigenvalue weighted by Crippen LogP contribution is 2.24. The molecule has 1 atom stereocenters. The third kappa shape index (κ3) is 3.81. The summed E-state index contributed by atoms with van der Waals surface area (Å²) in [4.78, 5) is 6.67. The van der Waals surface area contributed by atoms with E-state index in [0.717, 1.165) is 37.5 Å². The van der Waals surface area contributed by atoms with Gasteiger partial charge in [0.15, 0.2) is 0 Å². The van der Waals surface area contributed by atoms with Gasteiger partial charge in [-0.15, -0.1) is 12.4 Å². The number of hydrogen-bond acceptors (Lipinski definition) is 5. The monoisotopic (exact) mass is 308 g/mol. The topological polar surface area (TPSA) is 54.2 Å². The summed E-state index contributed by atoms with van der Waals surface area (Å²) < 4.78 is 5.39. The van der Waals surface area contributed by atoms with Gasteiger partial charge in [0.1, 0.15) is 0 Å². The van der Waals surface area contributed by atoms with E-state index in [0.29, 0.717) is 11.7 Å². The van der Waals surface area contributed by atoms with Crippen molar-refractivity contribution in [2.75, 3.05) is 27.2 Å². The molecule has 5 nitrogen and oxygen atoms in total. The van der Waals surface area contributed by atoms with Crippen molar-refractivity contribution in [2.24, 2.45) is 0 Å². The number of rotatable bonds is 4. The zero-order valence-electron chi connectivity index (χ0n) is 12.4. The molecule has 1 saturated heterocycles. The second-order valence-electron chi connectivity index (χ2n) is 5.58. The first kappa shape index (κ1) is 15.9. The van der Waals surface area contributed by atoms with Crippen LogP contribution < -0.4 is 5.32 Å². The van der Waals surface area contributed by atoms with Gasteiger partial charge < -0.3 is 14.7 Å². The summed E-state index contributed by atoms with van der Waals surface area (Å²) in [5.41, 5.74) is 2.29. The fraction of sp³-hybridized carbons (Fsp3) is 0.467. The molecule has 0 amide bonds. The predicted octanol–water partition coefficient (Wildman–Crippen LogP) is 2.30. The first-order valence-electron chi connectivity index (χ1n) is 7.01. The van der Waals surface area contributed by atoms with E-state index in [-0.39, 0.29) is 12.4 Å². The van der Waals surface area contributed by atoms with Gasteiger partial charge >= 0.3 is 0 Å². The molecule has 21 heavy (non-hydrogen) atoms. The van der Waals surface area contributed by atoms with Crippen LogP contribution in [0, 0.1) is 0 Å². The molecule has 3 rings (SSSR count). The molecule has 1 aliphatic rings. The molecule has 0 spiro atoms. The maximum absolute atomic E-state index is 5.39. The largest absolute Gasteiger partial charge is 0.339 e. The van der Waals surface area contributed by atoms with Gasteiger partial charge in [-0.25, -0.2) is 0 Å². The van der Waals surface area contributed by atoms with Gasteiger partial charge in [0.25, 0.3) is 0 Å². The molecule has 1 fully saturated rings. The number of halogens is 1. The lowest BCUT2D eigenvalue weighted by Gasteiger charge is -2.09. The van der Waals surface area contributed by atoms with Crippen LogP contribution in [0.2, 0.25) is 0 Å². The molecular weight excluding hydrogens is 288 g/mol. The average molecular weight is 309 g/mol. The highest BCUT2D eigenvalue weighted by molar-refractivity contribution is 5.85. The molecule has 0 saturated carbocycles. The van der Waals surface area contributed by atoms with Crippen LogP contribution in [0.25, 0.3) is 11.4 Å².